The lowest BCUT2D eigenvalue weighted by Crippen LogP contribution is -3.06. The Morgan fingerprint density at radius 1 is 0.769 bits per heavy atom. The molecule has 0 spiro atoms. The Hall–Kier alpha value is 0.850. The summed E-state index contributed by atoms with van der Waals surface area (Å²) in [4.78, 5) is 3.10. The zero-order valence-electron chi connectivity index (χ0n) is 8.99. The van der Waals surface area contributed by atoms with Crippen molar-refractivity contribution in [3.8, 4) is 0 Å². The molecule has 0 radical (unpaired) electrons. The van der Waals surface area contributed by atoms with Crippen molar-refractivity contribution >= 4 is 11.8 Å². The van der Waals surface area contributed by atoms with Gasteiger partial charge in [-0.05, 0) is 0 Å². The second-order valence-electron chi connectivity index (χ2n) is 3.53. The smallest absolute Gasteiger partial charge is 0.0858 e. The lowest BCUT2D eigenvalue weighted by molar-refractivity contribution is -0.856. The number of nitrogens with one attached hydrogen (secondary N) is 2. The number of thioether (sulfide) groups is 1. The second-order valence-corrected chi connectivity index (χ2v) is 4.75. The van der Waals surface area contributed by atoms with Crippen molar-refractivity contribution in [1.29, 1.82) is 0 Å². The minimum atomic E-state index is 0. The number of rotatable bonds is 6. The van der Waals surface area contributed by atoms with Gasteiger partial charge in [0.25, 0.3) is 0 Å². The van der Waals surface area contributed by atoms with Crippen LogP contribution in [0.2, 0.25) is 0 Å². The first-order valence-corrected chi connectivity index (χ1v) is 5.44. The zero-order chi connectivity index (χ0) is 8.69. The fourth-order valence-corrected chi connectivity index (χ4v) is 1.96. The first kappa shape index (κ1) is 19.4. The van der Waals surface area contributed by atoms with Gasteiger partial charge < -0.3 is 34.6 Å². The molecule has 2 nitrogen and oxygen atoms in total. The van der Waals surface area contributed by atoms with Crippen LogP contribution in [0.25, 0.3) is 0 Å². The molecule has 0 amide bonds. The van der Waals surface area contributed by atoms with Crippen LogP contribution < -0.4 is 34.6 Å². The van der Waals surface area contributed by atoms with Crippen LogP contribution in [0.4, 0.5) is 0 Å². The summed E-state index contributed by atoms with van der Waals surface area (Å²) in [5, 5.41) is 0. The molecular formula is C8H22Cl2N2S. The molecule has 13 heavy (non-hydrogen) atoms. The highest BCUT2D eigenvalue weighted by molar-refractivity contribution is 7.99. The largest absolute Gasteiger partial charge is 1.00 e. The first-order valence-electron chi connectivity index (χ1n) is 4.28. The molecule has 0 aliphatic heterocycles. The van der Waals surface area contributed by atoms with Crippen LogP contribution in [0.1, 0.15) is 0 Å². The second kappa shape index (κ2) is 12.8. The van der Waals surface area contributed by atoms with Crippen LogP contribution in [0.5, 0.6) is 0 Å². The van der Waals surface area contributed by atoms with Crippen molar-refractivity contribution < 1.29 is 34.6 Å². The van der Waals surface area contributed by atoms with Gasteiger partial charge in [-0.3, -0.25) is 0 Å². The molecule has 0 atom stereocenters. The Balaban J connectivity index is -0.000000500. The SMILES string of the molecule is C[NH+](C)CCSCC[NH+](C)C.[Cl-].[Cl-]. The summed E-state index contributed by atoms with van der Waals surface area (Å²) in [6, 6.07) is 0. The minimum absolute atomic E-state index is 0. The molecule has 0 rings (SSSR count). The third-order valence-corrected chi connectivity index (χ3v) is 2.48. The summed E-state index contributed by atoms with van der Waals surface area (Å²) < 4.78 is 0. The van der Waals surface area contributed by atoms with Crippen LogP contribution in [-0.4, -0.2) is 52.8 Å². The van der Waals surface area contributed by atoms with E-state index in [2.05, 4.69) is 40.0 Å². The van der Waals surface area contributed by atoms with Gasteiger partial charge in [0, 0.05) is 11.5 Å². The maximum absolute atomic E-state index is 2.21. The van der Waals surface area contributed by atoms with Crippen molar-refractivity contribution in [2.75, 3.05) is 52.8 Å². The molecule has 0 saturated heterocycles. The fourth-order valence-electron chi connectivity index (χ4n) is 0.655. The van der Waals surface area contributed by atoms with Crippen LogP contribution in [0.3, 0.4) is 0 Å². The predicted octanol–water partition coefficient (Wildman–Crippen LogP) is -7.98. The summed E-state index contributed by atoms with van der Waals surface area (Å²) in [5.41, 5.74) is 0. The average molecular weight is 249 g/mol. The van der Waals surface area contributed by atoms with E-state index >= 15 is 0 Å². The Kier molecular flexibility index (Phi) is 19.2. The van der Waals surface area contributed by atoms with E-state index in [1.165, 1.54) is 24.6 Å². The van der Waals surface area contributed by atoms with Crippen LogP contribution in [0, 0.1) is 0 Å². The number of hydrogen-bond acceptors (Lipinski definition) is 1. The Bertz CT molecular complexity index is 82.2. The van der Waals surface area contributed by atoms with E-state index in [1.807, 2.05) is 0 Å². The van der Waals surface area contributed by atoms with E-state index in [1.54, 1.807) is 9.80 Å². The van der Waals surface area contributed by atoms with Gasteiger partial charge >= 0.3 is 0 Å². The molecule has 84 valence electrons. The Labute approximate surface area is 99.2 Å². The molecular weight excluding hydrogens is 227 g/mol. The van der Waals surface area contributed by atoms with Gasteiger partial charge in [0.1, 0.15) is 0 Å². The number of halogens is 2. The zero-order valence-corrected chi connectivity index (χ0v) is 11.3. The van der Waals surface area contributed by atoms with E-state index in [4.69, 9.17) is 0 Å². The topological polar surface area (TPSA) is 8.88 Å². The summed E-state index contributed by atoms with van der Waals surface area (Å²) in [5.74, 6) is 2.60. The van der Waals surface area contributed by atoms with Crippen LogP contribution in [0.15, 0.2) is 0 Å². The monoisotopic (exact) mass is 248 g/mol. The van der Waals surface area contributed by atoms with Crippen molar-refractivity contribution in [3.63, 3.8) is 0 Å². The quantitative estimate of drug-likeness (QED) is 0.445. The third-order valence-electron chi connectivity index (χ3n) is 1.49. The molecule has 5 heteroatoms. The highest BCUT2D eigenvalue weighted by Gasteiger charge is 1.96. The third kappa shape index (κ3) is 19.3. The molecule has 0 bridgehead atoms. The van der Waals surface area contributed by atoms with Gasteiger partial charge in [0.2, 0.25) is 0 Å². The molecule has 0 aromatic carbocycles. The normalized spacial score (nSPS) is 9.69. The lowest BCUT2D eigenvalue weighted by Gasteiger charge is -2.08. The van der Waals surface area contributed by atoms with E-state index in [0.29, 0.717) is 0 Å². The molecule has 0 aromatic rings. The van der Waals surface area contributed by atoms with Gasteiger partial charge in [-0.2, -0.15) is 11.8 Å². The molecule has 0 fully saturated rings. The van der Waals surface area contributed by atoms with E-state index in [0.717, 1.165) is 0 Å². The lowest BCUT2D eigenvalue weighted by atomic mass is 10.7. The summed E-state index contributed by atoms with van der Waals surface area (Å²) in [6.45, 7) is 2.57. The fraction of sp³-hybridized carbons (Fsp3) is 1.00. The maximum Gasteiger partial charge on any atom is 0.0858 e. The number of hydrogen-bond donors (Lipinski definition) is 2. The molecule has 0 heterocycles. The minimum Gasteiger partial charge on any atom is -1.00 e. The van der Waals surface area contributed by atoms with Crippen molar-refractivity contribution in [1.82, 2.24) is 0 Å². The molecule has 2 N–H and O–H groups in total. The molecule has 0 aliphatic carbocycles. The highest BCUT2D eigenvalue weighted by atomic mass is 35.5. The molecule has 0 aromatic heterocycles. The molecule has 0 aliphatic rings. The van der Waals surface area contributed by atoms with E-state index in [-0.39, 0.29) is 24.8 Å². The predicted molar refractivity (Wildman–Crippen MR) is 52.7 cm³/mol. The summed E-state index contributed by atoms with van der Waals surface area (Å²) in [7, 11) is 8.82. The van der Waals surface area contributed by atoms with E-state index < -0.39 is 0 Å². The van der Waals surface area contributed by atoms with Gasteiger partial charge in [-0.1, -0.05) is 0 Å². The van der Waals surface area contributed by atoms with Crippen molar-refractivity contribution in [2.24, 2.45) is 0 Å². The van der Waals surface area contributed by atoms with Gasteiger partial charge in [-0.15, -0.1) is 0 Å². The number of quaternary nitrogens is 2. The Morgan fingerprint density at radius 3 is 1.31 bits per heavy atom. The van der Waals surface area contributed by atoms with E-state index in [9.17, 15) is 0 Å². The molecule has 0 unspecified atom stereocenters. The van der Waals surface area contributed by atoms with Gasteiger partial charge in [0.05, 0.1) is 41.3 Å². The van der Waals surface area contributed by atoms with Crippen molar-refractivity contribution in [2.45, 2.75) is 0 Å². The molecule has 0 saturated carbocycles. The first-order chi connectivity index (χ1) is 5.13. The van der Waals surface area contributed by atoms with Crippen LogP contribution in [-0.2, 0) is 0 Å². The average Bonchev–Trinajstić information content (AvgIpc) is 1.85. The Morgan fingerprint density at radius 2 is 1.08 bits per heavy atom. The van der Waals surface area contributed by atoms with Crippen molar-refractivity contribution in [3.05, 3.63) is 0 Å². The summed E-state index contributed by atoms with van der Waals surface area (Å²) in [6.07, 6.45) is 0. The maximum atomic E-state index is 2.21. The highest BCUT2D eigenvalue weighted by Crippen LogP contribution is 1.93. The van der Waals surface area contributed by atoms with Gasteiger partial charge in [0.15, 0.2) is 0 Å². The standard InChI is InChI=1S/C8H20N2S.2ClH/c1-9(2)5-7-11-8-6-10(3)4;;/h5-8H2,1-4H3;2*1H. The van der Waals surface area contributed by atoms with Crippen LogP contribution >= 0.6 is 11.8 Å². The summed E-state index contributed by atoms with van der Waals surface area (Å²) >= 11 is 2.07. The van der Waals surface area contributed by atoms with Gasteiger partial charge in [-0.25, -0.2) is 0 Å².